The van der Waals surface area contributed by atoms with Crippen LogP contribution in [0.2, 0.25) is 0 Å². The summed E-state index contributed by atoms with van der Waals surface area (Å²) in [6.07, 6.45) is 1.01. The number of rotatable bonds is 5. The van der Waals surface area contributed by atoms with Gasteiger partial charge in [0.1, 0.15) is 5.75 Å². The first-order valence-corrected chi connectivity index (χ1v) is 6.87. The molecule has 1 fully saturated rings. The molecule has 1 unspecified atom stereocenters. The molecule has 0 amide bonds. The van der Waals surface area contributed by atoms with Crippen molar-refractivity contribution in [3.8, 4) is 5.75 Å². The third-order valence-electron chi connectivity index (χ3n) is 3.76. The Morgan fingerprint density at radius 1 is 1.35 bits per heavy atom. The summed E-state index contributed by atoms with van der Waals surface area (Å²) in [4.78, 5) is 2.28. The van der Waals surface area contributed by atoms with Gasteiger partial charge in [-0.05, 0) is 49.4 Å². The summed E-state index contributed by atoms with van der Waals surface area (Å²) >= 11 is 0. The number of nitrogens with zero attached hydrogens (tertiary/aromatic N) is 1. The minimum absolute atomic E-state index is 0.232. The molecule has 0 aromatic heterocycles. The average molecular weight is 285 g/mol. The molecule has 0 saturated carbocycles. The first-order chi connectivity index (χ1) is 9.49. The molecule has 0 spiro atoms. The fourth-order valence-corrected chi connectivity index (χ4v) is 2.87. The van der Waals surface area contributed by atoms with Crippen molar-refractivity contribution in [2.45, 2.75) is 33.4 Å². The molecule has 0 aliphatic carbocycles. The van der Waals surface area contributed by atoms with Crippen LogP contribution in [0.1, 0.15) is 23.1 Å². The smallest absolute Gasteiger partial charge is 0.387 e. The SMILES string of the molecule is Cc1cc(CN2CCC(CO)C2)cc(C)c1OC(F)F. The number of benzene rings is 1. The van der Waals surface area contributed by atoms with Crippen molar-refractivity contribution in [3.63, 3.8) is 0 Å². The highest BCUT2D eigenvalue weighted by Crippen LogP contribution is 2.28. The van der Waals surface area contributed by atoms with E-state index in [0.717, 1.165) is 42.7 Å². The van der Waals surface area contributed by atoms with Crippen LogP contribution >= 0.6 is 0 Å². The van der Waals surface area contributed by atoms with Gasteiger partial charge in [-0.3, -0.25) is 4.90 Å². The molecule has 20 heavy (non-hydrogen) atoms. The Balaban J connectivity index is 2.06. The summed E-state index contributed by atoms with van der Waals surface area (Å²) in [6, 6.07) is 3.80. The van der Waals surface area contributed by atoms with Crippen LogP contribution in [-0.4, -0.2) is 36.3 Å². The van der Waals surface area contributed by atoms with E-state index in [9.17, 15) is 8.78 Å². The molecule has 1 aromatic rings. The molecule has 0 radical (unpaired) electrons. The molecule has 1 aromatic carbocycles. The van der Waals surface area contributed by atoms with Crippen LogP contribution < -0.4 is 4.74 Å². The molecular formula is C15H21F2NO2. The van der Waals surface area contributed by atoms with Crippen molar-refractivity contribution < 1.29 is 18.6 Å². The van der Waals surface area contributed by atoms with E-state index >= 15 is 0 Å². The molecule has 1 atom stereocenters. The van der Waals surface area contributed by atoms with Gasteiger partial charge in [0, 0.05) is 19.7 Å². The van der Waals surface area contributed by atoms with Gasteiger partial charge in [0.05, 0.1) is 0 Å². The molecule has 1 aliphatic rings. The van der Waals surface area contributed by atoms with Crippen molar-refractivity contribution in [2.24, 2.45) is 5.92 Å². The number of aliphatic hydroxyl groups excluding tert-OH is 1. The van der Waals surface area contributed by atoms with Crippen molar-refractivity contribution in [1.29, 1.82) is 0 Å². The fourth-order valence-electron chi connectivity index (χ4n) is 2.87. The van der Waals surface area contributed by atoms with Gasteiger partial charge < -0.3 is 9.84 Å². The van der Waals surface area contributed by atoms with Crippen LogP contribution in [0.15, 0.2) is 12.1 Å². The van der Waals surface area contributed by atoms with E-state index in [0.29, 0.717) is 5.92 Å². The third kappa shape index (κ3) is 3.67. The maximum atomic E-state index is 12.3. The van der Waals surface area contributed by atoms with Crippen LogP contribution in [0.4, 0.5) is 8.78 Å². The number of halogens is 2. The number of hydrogen-bond acceptors (Lipinski definition) is 3. The third-order valence-corrected chi connectivity index (χ3v) is 3.76. The zero-order valence-corrected chi connectivity index (χ0v) is 11.9. The lowest BCUT2D eigenvalue weighted by molar-refractivity contribution is -0.0507. The largest absolute Gasteiger partial charge is 0.434 e. The van der Waals surface area contributed by atoms with E-state index in [2.05, 4.69) is 9.64 Å². The van der Waals surface area contributed by atoms with Gasteiger partial charge >= 0.3 is 6.61 Å². The van der Waals surface area contributed by atoms with Crippen LogP contribution in [0.5, 0.6) is 5.75 Å². The highest BCUT2D eigenvalue weighted by Gasteiger charge is 2.22. The number of ether oxygens (including phenoxy) is 1. The molecule has 0 bridgehead atoms. The molecule has 1 aliphatic heterocycles. The molecule has 1 heterocycles. The lowest BCUT2D eigenvalue weighted by Crippen LogP contribution is -2.21. The molecule has 1 saturated heterocycles. The fraction of sp³-hybridized carbons (Fsp3) is 0.600. The van der Waals surface area contributed by atoms with Gasteiger partial charge in [-0.1, -0.05) is 12.1 Å². The minimum atomic E-state index is -2.79. The Morgan fingerprint density at radius 3 is 2.50 bits per heavy atom. The molecular weight excluding hydrogens is 264 g/mol. The standard InChI is InChI=1S/C15H21F2NO2/c1-10-5-13(6-11(2)14(10)20-15(16)17)8-18-4-3-12(7-18)9-19/h5-6,12,15,19H,3-4,7-9H2,1-2H3. The quantitative estimate of drug-likeness (QED) is 0.903. The van der Waals surface area contributed by atoms with Crippen molar-refractivity contribution in [1.82, 2.24) is 4.90 Å². The number of likely N-dealkylation sites (tertiary alicyclic amines) is 1. The van der Waals surface area contributed by atoms with E-state index < -0.39 is 6.61 Å². The number of aryl methyl sites for hydroxylation is 2. The zero-order chi connectivity index (χ0) is 14.7. The topological polar surface area (TPSA) is 32.7 Å². The average Bonchev–Trinajstić information content (AvgIpc) is 2.81. The first kappa shape index (κ1) is 15.2. The van der Waals surface area contributed by atoms with Crippen molar-refractivity contribution >= 4 is 0 Å². The predicted octanol–water partition coefficient (Wildman–Crippen LogP) is 2.72. The highest BCUT2D eigenvalue weighted by molar-refractivity contribution is 5.43. The molecule has 3 nitrogen and oxygen atoms in total. The maximum absolute atomic E-state index is 12.3. The minimum Gasteiger partial charge on any atom is -0.434 e. The van der Waals surface area contributed by atoms with Crippen LogP contribution in [0.25, 0.3) is 0 Å². The second kappa shape index (κ2) is 6.50. The van der Waals surface area contributed by atoms with Gasteiger partial charge in [0.2, 0.25) is 0 Å². The Hall–Kier alpha value is -1.20. The Morgan fingerprint density at radius 2 is 2.00 bits per heavy atom. The summed E-state index contributed by atoms with van der Waals surface area (Å²) in [7, 11) is 0. The zero-order valence-electron chi connectivity index (χ0n) is 11.9. The van der Waals surface area contributed by atoms with Gasteiger partial charge in [-0.2, -0.15) is 8.78 Å². The van der Waals surface area contributed by atoms with Crippen molar-refractivity contribution in [2.75, 3.05) is 19.7 Å². The maximum Gasteiger partial charge on any atom is 0.387 e. The number of aliphatic hydroxyl groups is 1. The second-order valence-electron chi connectivity index (χ2n) is 5.51. The molecule has 5 heteroatoms. The predicted molar refractivity (Wildman–Crippen MR) is 73.0 cm³/mol. The van der Waals surface area contributed by atoms with Crippen LogP contribution in [0.3, 0.4) is 0 Å². The van der Waals surface area contributed by atoms with Gasteiger partial charge in [-0.15, -0.1) is 0 Å². The molecule has 1 N–H and O–H groups in total. The second-order valence-corrected chi connectivity index (χ2v) is 5.51. The van der Waals surface area contributed by atoms with Gasteiger partial charge in [0.25, 0.3) is 0 Å². The highest BCUT2D eigenvalue weighted by atomic mass is 19.3. The van der Waals surface area contributed by atoms with Crippen LogP contribution in [-0.2, 0) is 6.54 Å². The van der Waals surface area contributed by atoms with E-state index in [-0.39, 0.29) is 12.4 Å². The molecule has 2 rings (SSSR count). The Labute approximate surface area is 118 Å². The number of alkyl halides is 2. The number of hydrogen-bond donors (Lipinski definition) is 1. The van der Waals surface area contributed by atoms with Crippen LogP contribution in [0, 0.1) is 19.8 Å². The van der Waals surface area contributed by atoms with E-state index in [1.165, 1.54) is 0 Å². The van der Waals surface area contributed by atoms with Gasteiger partial charge in [-0.25, -0.2) is 0 Å². The van der Waals surface area contributed by atoms with Crippen molar-refractivity contribution in [3.05, 3.63) is 28.8 Å². The normalized spacial score (nSPS) is 19.8. The van der Waals surface area contributed by atoms with E-state index in [1.807, 2.05) is 12.1 Å². The van der Waals surface area contributed by atoms with E-state index in [4.69, 9.17) is 5.11 Å². The monoisotopic (exact) mass is 285 g/mol. The van der Waals surface area contributed by atoms with E-state index in [1.54, 1.807) is 13.8 Å². The molecule has 112 valence electrons. The lowest BCUT2D eigenvalue weighted by Gasteiger charge is -2.18. The van der Waals surface area contributed by atoms with Gasteiger partial charge in [0.15, 0.2) is 0 Å². The summed E-state index contributed by atoms with van der Waals surface area (Å²) < 4.78 is 29.2. The summed E-state index contributed by atoms with van der Waals surface area (Å²) in [6.45, 7) is 3.66. The lowest BCUT2D eigenvalue weighted by atomic mass is 10.1. The Kier molecular flexibility index (Phi) is 4.94. The summed E-state index contributed by atoms with van der Waals surface area (Å²) in [5.41, 5.74) is 2.57. The Bertz CT molecular complexity index is 442. The summed E-state index contributed by atoms with van der Waals surface area (Å²) in [5.74, 6) is 0.636. The summed E-state index contributed by atoms with van der Waals surface area (Å²) in [5, 5.41) is 9.14. The first-order valence-electron chi connectivity index (χ1n) is 6.87.